The number of fused-ring (bicyclic) bond motifs is 1. The SMILES string of the molecule is CC(=O)Nc1cc(N=Nc2snc3ccc(S(=O)(=O)Nc4ccc(N5CCOCC5)c(S(=O)(=O)Nc5cc(C)c(C)cc5O)c4)cc23)ccc1O. The number of carbonyl (C=O) groups is 1. The lowest BCUT2D eigenvalue weighted by atomic mass is 10.1. The van der Waals surface area contributed by atoms with Crippen LogP contribution in [0.3, 0.4) is 0 Å². The summed E-state index contributed by atoms with van der Waals surface area (Å²) < 4.78 is 69.9. The standard InChI is InChI=1S/C33H33N7O8S3/c1-19-14-28(31(43)15-20(19)2)39-51(46,47)32-17-23(4-8-29(32)40-10-12-48-13-11-40)38-50(44,45)24-6-7-26-25(18-24)33(49-37-26)36-35-22-5-9-30(42)27(16-22)34-21(3)41/h4-9,14-18,38-39,42-43H,10-13H2,1-3H3,(H,34,41). The number of hydrogen-bond donors (Lipinski definition) is 5. The molecule has 0 bridgehead atoms. The van der Waals surface area contributed by atoms with E-state index in [1.165, 1.54) is 73.7 Å². The Kier molecular flexibility index (Phi) is 9.85. The summed E-state index contributed by atoms with van der Waals surface area (Å²) in [5.41, 5.74) is 2.81. The number of nitrogens with one attached hydrogen (secondary N) is 3. The van der Waals surface area contributed by atoms with Gasteiger partial charge in [0.1, 0.15) is 16.4 Å². The molecule has 51 heavy (non-hydrogen) atoms. The number of rotatable bonds is 10. The molecule has 6 rings (SSSR count). The monoisotopic (exact) mass is 751 g/mol. The number of sulfonamides is 2. The van der Waals surface area contributed by atoms with E-state index in [2.05, 4.69) is 29.4 Å². The van der Waals surface area contributed by atoms with Crippen LogP contribution in [0.1, 0.15) is 18.1 Å². The van der Waals surface area contributed by atoms with Crippen LogP contribution in [0.4, 0.5) is 33.4 Å². The van der Waals surface area contributed by atoms with Gasteiger partial charge in [0, 0.05) is 25.4 Å². The van der Waals surface area contributed by atoms with Crippen LogP contribution in [0.15, 0.2) is 86.7 Å². The molecule has 1 aromatic heterocycles. The molecule has 1 fully saturated rings. The van der Waals surface area contributed by atoms with Crippen LogP contribution in [-0.2, 0) is 29.6 Å². The average molecular weight is 752 g/mol. The zero-order chi connectivity index (χ0) is 36.5. The number of ether oxygens (including phenoxy) is 1. The van der Waals surface area contributed by atoms with E-state index < -0.39 is 20.0 Å². The summed E-state index contributed by atoms with van der Waals surface area (Å²) in [6, 6.07) is 15.8. The number of anilines is 4. The summed E-state index contributed by atoms with van der Waals surface area (Å²) in [5, 5.41) is 32.1. The van der Waals surface area contributed by atoms with Gasteiger partial charge in [0.2, 0.25) is 5.91 Å². The van der Waals surface area contributed by atoms with Gasteiger partial charge in [-0.05, 0) is 103 Å². The summed E-state index contributed by atoms with van der Waals surface area (Å²) >= 11 is 0.997. The first-order valence-electron chi connectivity index (χ1n) is 15.4. The molecule has 0 aliphatic carbocycles. The van der Waals surface area contributed by atoms with E-state index >= 15 is 0 Å². The van der Waals surface area contributed by atoms with Gasteiger partial charge < -0.3 is 25.2 Å². The van der Waals surface area contributed by atoms with Gasteiger partial charge in [-0.1, -0.05) is 0 Å². The third kappa shape index (κ3) is 7.88. The van der Waals surface area contributed by atoms with Crippen molar-refractivity contribution in [3.63, 3.8) is 0 Å². The van der Waals surface area contributed by atoms with Crippen LogP contribution in [0.2, 0.25) is 0 Å². The number of aromatic hydroxyl groups is 2. The number of aryl methyl sites for hydroxylation is 2. The van der Waals surface area contributed by atoms with Gasteiger partial charge in [-0.25, -0.2) is 16.8 Å². The number of phenolic OH excluding ortho intramolecular Hbond substituents is 2. The second-order valence-corrected chi connectivity index (χ2v) is 15.8. The summed E-state index contributed by atoms with van der Waals surface area (Å²) in [6.45, 7) is 6.48. The summed E-state index contributed by atoms with van der Waals surface area (Å²) in [4.78, 5) is 13.0. The molecule has 0 unspecified atom stereocenters. The minimum Gasteiger partial charge on any atom is -0.506 e. The van der Waals surface area contributed by atoms with E-state index in [1.54, 1.807) is 13.8 Å². The number of carbonyl (C=O) groups excluding carboxylic acids is 1. The van der Waals surface area contributed by atoms with Crippen LogP contribution in [-0.4, -0.2) is 63.6 Å². The third-order valence-corrected chi connectivity index (χ3v) is 11.5. The van der Waals surface area contributed by atoms with Gasteiger partial charge in [0.25, 0.3) is 20.0 Å². The molecule has 0 spiro atoms. The molecule has 5 N–H and O–H groups in total. The van der Waals surface area contributed by atoms with Crippen molar-refractivity contribution in [2.45, 2.75) is 30.6 Å². The number of morpholine rings is 1. The van der Waals surface area contributed by atoms with E-state index in [9.17, 15) is 31.8 Å². The quantitative estimate of drug-likeness (QED) is 0.0813. The highest BCUT2D eigenvalue weighted by Gasteiger charge is 2.27. The highest BCUT2D eigenvalue weighted by molar-refractivity contribution is 7.93. The highest BCUT2D eigenvalue weighted by Crippen LogP contribution is 2.37. The maximum Gasteiger partial charge on any atom is 0.264 e. The molecule has 0 saturated carbocycles. The molecule has 4 aromatic carbocycles. The van der Waals surface area contributed by atoms with Crippen molar-refractivity contribution < 1.29 is 36.6 Å². The van der Waals surface area contributed by atoms with Crippen LogP contribution in [0, 0.1) is 13.8 Å². The molecular weight excluding hydrogens is 719 g/mol. The summed E-state index contributed by atoms with van der Waals surface area (Å²) in [5.74, 6) is -0.774. The van der Waals surface area contributed by atoms with Crippen LogP contribution < -0.4 is 19.7 Å². The first kappa shape index (κ1) is 35.5. The van der Waals surface area contributed by atoms with Crippen molar-refractivity contribution >= 4 is 81.8 Å². The smallest absolute Gasteiger partial charge is 0.264 e. The Morgan fingerprint density at radius 3 is 2.33 bits per heavy atom. The lowest BCUT2D eigenvalue weighted by Crippen LogP contribution is -2.37. The van der Waals surface area contributed by atoms with Crippen molar-refractivity contribution in [1.29, 1.82) is 0 Å². The molecule has 1 amide bonds. The van der Waals surface area contributed by atoms with Gasteiger partial charge in [-0.2, -0.15) is 4.37 Å². The Morgan fingerprint density at radius 1 is 0.843 bits per heavy atom. The van der Waals surface area contributed by atoms with Crippen molar-refractivity contribution in [2.24, 2.45) is 10.2 Å². The number of hydrogen-bond acceptors (Lipinski definition) is 13. The van der Waals surface area contributed by atoms with Crippen molar-refractivity contribution in [3.8, 4) is 11.5 Å². The minimum atomic E-state index is -4.35. The molecule has 2 heterocycles. The first-order valence-corrected chi connectivity index (χ1v) is 19.2. The second kappa shape index (κ2) is 14.1. The molecule has 0 radical (unpaired) electrons. The van der Waals surface area contributed by atoms with E-state index in [4.69, 9.17) is 4.74 Å². The maximum absolute atomic E-state index is 13.9. The fraction of sp³-hybridized carbons (Fsp3) is 0.212. The average Bonchev–Trinajstić information content (AvgIpc) is 3.50. The molecule has 1 saturated heterocycles. The van der Waals surface area contributed by atoms with Crippen LogP contribution in [0.25, 0.3) is 10.9 Å². The van der Waals surface area contributed by atoms with Crippen molar-refractivity contribution in [1.82, 2.24) is 4.37 Å². The van der Waals surface area contributed by atoms with E-state index in [1.807, 2.05) is 4.90 Å². The number of benzene rings is 4. The van der Waals surface area contributed by atoms with E-state index in [0.717, 1.165) is 22.7 Å². The number of aromatic nitrogens is 1. The third-order valence-electron chi connectivity index (χ3n) is 8.00. The van der Waals surface area contributed by atoms with Gasteiger partial charge >= 0.3 is 0 Å². The topological polar surface area (TPSA) is 212 Å². The summed E-state index contributed by atoms with van der Waals surface area (Å²) in [6.07, 6.45) is 0. The van der Waals surface area contributed by atoms with E-state index in [0.29, 0.717) is 53.6 Å². The van der Waals surface area contributed by atoms with Crippen molar-refractivity contribution in [3.05, 3.63) is 77.9 Å². The Hall–Kier alpha value is -5.30. The largest absolute Gasteiger partial charge is 0.506 e. The van der Waals surface area contributed by atoms with Gasteiger partial charge in [0.15, 0.2) is 5.00 Å². The van der Waals surface area contributed by atoms with E-state index in [-0.39, 0.29) is 44.3 Å². The predicted molar refractivity (Wildman–Crippen MR) is 195 cm³/mol. The molecule has 0 atom stereocenters. The number of amides is 1. The zero-order valence-corrected chi connectivity index (χ0v) is 30.0. The number of azo groups is 1. The summed E-state index contributed by atoms with van der Waals surface area (Å²) in [7, 11) is -8.61. The Balaban J connectivity index is 1.31. The number of nitrogens with zero attached hydrogens (tertiary/aromatic N) is 4. The van der Waals surface area contributed by atoms with Gasteiger partial charge in [-0.3, -0.25) is 14.2 Å². The lowest BCUT2D eigenvalue weighted by Gasteiger charge is -2.30. The minimum absolute atomic E-state index is 0.0116. The fourth-order valence-electron chi connectivity index (χ4n) is 5.28. The molecule has 1 aliphatic heterocycles. The van der Waals surface area contributed by atoms with Crippen molar-refractivity contribution in [2.75, 3.05) is 46.0 Å². The Labute approximate surface area is 297 Å². The molecule has 266 valence electrons. The molecule has 18 heteroatoms. The molecule has 1 aliphatic rings. The van der Waals surface area contributed by atoms with Crippen LogP contribution >= 0.6 is 11.5 Å². The predicted octanol–water partition coefficient (Wildman–Crippen LogP) is 6.14. The molecule has 15 nitrogen and oxygen atoms in total. The Morgan fingerprint density at radius 2 is 1.59 bits per heavy atom. The van der Waals surface area contributed by atoms with Crippen LogP contribution in [0.5, 0.6) is 11.5 Å². The Bertz CT molecular complexity index is 2410. The number of phenols is 2. The first-order chi connectivity index (χ1) is 24.2. The normalized spacial score (nSPS) is 13.8. The molecule has 5 aromatic rings. The second-order valence-electron chi connectivity index (χ2n) is 11.7. The lowest BCUT2D eigenvalue weighted by molar-refractivity contribution is -0.114. The zero-order valence-electron chi connectivity index (χ0n) is 27.5. The maximum atomic E-state index is 13.9. The highest BCUT2D eigenvalue weighted by atomic mass is 32.2. The fourth-order valence-corrected chi connectivity index (χ4v) is 8.36. The molecular formula is C33H33N7O8S3. The van der Waals surface area contributed by atoms with Gasteiger partial charge in [0.05, 0.1) is 52.1 Å². The van der Waals surface area contributed by atoms with Gasteiger partial charge in [-0.15, -0.1) is 10.2 Å².